The molecule has 21 heavy (non-hydrogen) atoms. The Labute approximate surface area is 124 Å². The zero-order valence-electron chi connectivity index (χ0n) is 12.4. The number of hydrogen-bond donors (Lipinski definition) is 1. The zero-order valence-corrected chi connectivity index (χ0v) is 12.4. The van der Waals surface area contributed by atoms with Crippen LogP contribution >= 0.6 is 0 Å². The summed E-state index contributed by atoms with van der Waals surface area (Å²) in [5.74, 6) is 1.50. The third-order valence-electron chi connectivity index (χ3n) is 4.45. The standard InChI is InChI=1S/C16H20N2O3/c1-20-15-5-10-3-4-18-8-11(9-19)13(17)7-14(18)12(10)6-16(15)21-2/h5-6,9,14H,3-4,7-8,17H2,1-2H3/t14-/m0/s1. The van der Waals surface area contributed by atoms with Crippen LogP contribution in [-0.2, 0) is 11.2 Å². The largest absolute Gasteiger partial charge is 0.493 e. The molecule has 0 spiro atoms. The fourth-order valence-corrected chi connectivity index (χ4v) is 3.28. The molecular weight excluding hydrogens is 268 g/mol. The first-order valence-corrected chi connectivity index (χ1v) is 7.09. The Hall–Kier alpha value is -2.01. The van der Waals surface area contributed by atoms with Crippen LogP contribution in [0.2, 0.25) is 0 Å². The van der Waals surface area contributed by atoms with E-state index in [9.17, 15) is 4.79 Å². The summed E-state index contributed by atoms with van der Waals surface area (Å²) in [6, 6.07) is 4.32. The summed E-state index contributed by atoms with van der Waals surface area (Å²) in [7, 11) is 3.29. The molecule has 0 saturated heterocycles. The number of aldehydes is 1. The minimum absolute atomic E-state index is 0.220. The number of carbonyl (C=O) groups is 1. The highest BCUT2D eigenvalue weighted by atomic mass is 16.5. The molecule has 2 N–H and O–H groups in total. The number of hydrogen-bond acceptors (Lipinski definition) is 5. The minimum Gasteiger partial charge on any atom is -0.493 e. The van der Waals surface area contributed by atoms with Gasteiger partial charge in [0.15, 0.2) is 11.5 Å². The van der Waals surface area contributed by atoms with Crippen molar-refractivity contribution in [2.45, 2.75) is 18.9 Å². The van der Waals surface area contributed by atoms with Crippen LogP contribution in [0.3, 0.4) is 0 Å². The Balaban J connectivity index is 2.03. The zero-order chi connectivity index (χ0) is 15.0. The summed E-state index contributed by atoms with van der Waals surface area (Å²) < 4.78 is 10.8. The summed E-state index contributed by atoms with van der Waals surface area (Å²) in [6.07, 6.45) is 2.52. The van der Waals surface area contributed by atoms with E-state index in [-0.39, 0.29) is 6.04 Å². The summed E-state index contributed by atoms with van der Waals surface area (Å²) >= 11 is 0. The molecule has 0 bridgehead atoms. The Kier molecular flexibility index (Phi) is 3.59. The van der Waals surface area contributed by atoms with Gasteiger partial charge in [0.1, 0.15) is 6.29 Å². The van der Waals surface area contributed by atoms with Gasteiger partial charge in [-0.15, -0.1) is 0 Å². The average Bonchev–Trinajstić information content (AvgIpc) is 2.52. The van der Waals surface area contributed by atoms with Gasteiger partial charge in [0.2, 0.25) is 0 Å². The van der Waals surface area contributed by atoms with Crippen LogP contribution in [0.4, 0.5) is 0 Å². The summed E-state index contributed by atoms with van der Waals surface area (Å²) in [4.78, 5) is 13.4. The molecule has 1 aromatic carbocycles. The highest BCUT2D eigenvalue weighted by molar-refractivity contribution is 5.75. The topological polar surface area (TPSA) is 64.8 Å². The van der Waals surface area contributed by atoms with Crippen LogP contribution in [0.25, 0.3) is 0 Å². The van der Waals surface area contributed by atoms with E-state index in [1.165, 1.54) is 11.1 Å². The van der Waals surface area contributed by atoms with Gasteiger partial charge >= 0.3 is 0 Å². The molecule has 0 unspecified atom stereocenters. The van der Waals surface area contributed by atoms with E-state index in [2.05, 4.69) is 11.0 Å². The summed E-state index contributed by atoms with van der Waals surface area (Å²) in [5, 5.41) is 0. The molecule has 0 saturated carbocycles. The van der Waals surface area contributed by atoms with Gasteiger partial charge in [0.25, 0.3) is 0 Å². The van der Waals surface area contributed by atoms with Crippen LogP contribution in [0, 0.1) is 0 Å². The second kappa shape index (κ2) is 5.41. The molecule has 2 aliphatic rings. The molecule has 112 valence electrons. The number of nitrogens with zero attached hydrogens (tertiary/aromatic N) is 1. The van der Waals surface area contributed by atoms with Gasteiger partial charge in [-0.2, -0.15) is 0 Å². The lowest BCUT2D eigenvalue weighted by atomic mass is 9.86. The van der Waals surface area contributed by atoms with Gasteiger partial charge in [-0.3, -0.25) is 9.69 Å². The number of ether oxygens (including phenoxy) is 2. The first-order valence-electron chi connectivity index (χ1n) is 7.09. The lowest BCUT2D eigenvalue weighted by Crippen LogP contribution is -2.41. The fourth-order valence-electron chi connectivity index (χ4n) is 3.28. The average molecular weight is 288 g/mol. The summed E-state index contributed by atoms with van der Waals surface area (Å²) in [5.41, 5.74) is 9.97. The SMILES string of the molecule is COc1cc2c(cc1OC)[C@@H]1CC(N)=C(C=O)CN1CC2. The molecule has 1 aromatic rings. The maximum Gasteiger partial charge on any atom is 0.161 e. The molecule has 2 aliphatic heterocycles. The van der Waals surface area contributed by atoms with Crippen LogP contribution in [0.1, 0.15) is 23.6 Å². The molecule has 0 amide bonds. The van der Waals surface area contributed by atoms with Crippen molar-refractivity contribution < 1.29 is 14.3 Å². The lowest BCUT2D eigenvalue weighted by molar-refractivity contribution is -0.105. The quantitative estimate of drug-likeness (QED) is 0.852. The van der Waals surface area contributed by atoms with Crippen molar-refractivity contribution in [1.29, 1.82) is 0 Å². The van der Waals surface area contributed by atoms with Crippen molar-refractivity contribution in [2.24, 2.45) is 5.73 Å². The first kappa shape index (κ1) is 13.9. The Morgan fingerprint density at radius 3 is 2.67 bits per heavy atom. The van der Waals surface area contributed by atoms with Crippen molar-refractivity contribution in [3.63, 3.8) is 0 Å². The van der Waals surface area contributed by atoms with E-state index in [1.807, 2.05) is 6.07 Å². The number of nitrogens with two attached hydrogens (primary N) is 1. The van der Waals surface area contributed by atoms with Crippen molar-refractivity contribution in [3.05, 3.63) is 34.5 Å². The van der Waals surface area contributed by atoms with E-state index in [4.69, 9.17) is 15.2 Å². The van der Waals surface area contributed by atoms with Gasteiger partial charge in [0, 0.05) is 36.8 Å². The molecule has 3 rings (SSSR count). The first-order chi connectivity index (χ1) is 10.2. The Bertz CT molecular complexity index is 610. The van der Waals surface area contributed by atoms with E-state index in [0.717, 1.165) is 36.3 Å². The smallest absolute Gasteiger partial charge is 0.161 e. The molecule has 1 atom stereocenters. The minimum atomic E-state index is 0.220. The second-order valence-corrected chi connectivity index (χ2v) is 5.51. The second-order valence-electron chi connectivity index (χ2n) is 5.51. The predicted molar refractivity (Wildman–Crippen MR) is 79.5 cm³/mol. The summed E-state index contributed by atoms with van der Waals surface area (Å²) in [6.45, 7) is 1.56. The van der Waals surface area contributed by atoms with Crippen LogP contribution < -0.4 is 15.2 Å². The van der Waals surface area contributed by atoms with Gasteiger partial charge in [0.05, 0.1) is 14.2 Å². The maximum absolute atomic E-state index is 11.1. The van der Waals surface area contributed by atoms with Crippen molar-refractivity contribution in [3.8, 4) is 11.5 Å². The molecule has 2 heterocycles. The van der Waals surface area contributed by atoms with E-state index >= 15 is 0 Å². The number of methoxy groups -OCH3 is 2. The van der Waals surface area contributed by atoms with Gasteiger partial charge in [-0.25, -0.2) is 0 Å². The number of rotatable bonds is 3. The lowest BCUT2D eigenvalue weighted by Gasteiger charge is -2.41. The van der Waals surface area contributed by atoms with Crippen LogP contribution in [0.15, 0.2) is 23.4 Å². The highest BCUT2D eigenvalue weighted by Crippen LogP contribution is 2.41. The molecular formula is C16H20N2O3. The molecule has 0 radical (unpaired) electrons. The van der Waals surface area contributed by atoms with Crippen LogP contribution in [0.5, 0.6) is 11.5 Å². The number of carbonyl (C=O) groups excluding carboxylic acids is 1. The monoisotopic (exact) mass is 288 g/mol. The third-order valence-corrected chi connectivity index (χ3v) is 4.45. The highest BCUT2D eigenvalue weighted by Gasteiger charge is 2.33. The number of benzene rings is 1. The van der Waals surface area contributed by atoms with E-state index < -0.39 is 0 Å². The Morgan fingerprint density at radius 1 is 1.29 bits per heavy atom. The molecule has 5 nitrogen and oxygen atoms in total. The fraction of sp³-hybridized carbons (Fsp3) is 0.438. The molecule has 0 aliphatic carbocycles. The van der Waals surface area contributed by atoms with Crippen molar-refractivity contribution >= 4 is 6.29 Å². The van der Waals surface area contributed by atoms with Crippen molar-refractivity contribution in [2.75, 3.05) is 27.3 Å². The van der Waals surface area contributed by atoms with Gasteiger partial charge in [-0.05, 0) is 29.7 Å². The third kappa shape index (κ3) is 2.27. The van der Waals surface area contributed by atoms with Crippen LogP contribution in [-0.4, -0.2) is 38.5 Å². The van der Waals surface area contributed by atoms with Gasteiger partial charge in [-0.1, -0.05) is 0 Å². The number of fused-ring (bicyclic) bond motifs is 3. The molecule has 0 fully saturated rings. The van der Waals surface area contributed by atoms with E-state index in [0.29, 0.717) is 18.7 Å². The molecule has 5 heteroatoms. The van der Waals surface area contributed by atoms with Crippen molar-refractivity contribution in [1.82, 2.24) is 4.90 Å². The van der Waals surface area contributed by atoms with E-state index in [1.54, 1.807) is 14.2 Å². The van der Waals surface area contributed by atoms with Gasteiger partial charge < -0.3 is 15.2 Å². The predicted octanol–water partition coefficient (Wildman–Crippen LogP) is 1.42. The molecule has 0 aromatic heterocycles. The maximum atomic E-state index is 11.1. The normalized spacial score (nSPS) is 21.5. The Morgan fingerprint density at radius 2 is 2.00 bits per heavy atom.